The number of carbonyl (C=O) groups excluding carboxylic acids is 1. The van der Waals surface area contributed by atoms with Gasteiger partial charge in [0.25, 0.3) is 0 Å². The van der Waals surface area contributed by atoms with Gasteiger partial charge in [-0.3, -0.25) is 4.79 Å². The van der Waals surface area contributed by atoms with E-state index in [-0.39, 0.29) is 24.0 Å². The van der Waals surface area contributed by atoms with Crippen molar-refractivity contribution >= 4 is 5.91 Å². The number of hydrogen-bond donors (Lipinski definition) is 1. The largest absolute Gasteiger partial charge is 0.460 e. The van der Waals surface area contributed by atoms with Gasteiger partial charge in [-0.25, -0.2) is 9.97 Å². The van der Waals surface area contributed by atoms with E-state index in [1.165, 1.54) is 0 Å². The first kappa shape index (κ1) is 15.0. The van der Waals surface area contributed by atoms with Crippen LogP contribution in [0.1, 0.15) is 44.9 Å². The second-order valence-electron chi connectivity index (χ2n) is 6.11. The van der Waals surface area contributed by atoms with Gasteiger partial charge < -0.3 is 10.1 Å². The number of nitrogens with zero attached hydrogens (tertiary/aromatic N) is 2. The van der Waals surface area contributed by atoms with Crippen LogP contribution < -0.4 is 10.1 Å². The zero-order valence-electron chi connectivity index (χ0n) is 12.8. The molecule has 118 valence electrons. The summed E-state index contributed by atoms with van der Waals surface area (Å²) in [6.07, 6.45) is 14.5. The number of amides is 1. The Morgan fingerprint density at radius 3 is 2.55 bits per heavy atom. The number of aromatic nitrogens is 2. The molecule has 0 spiro atoms. The first-order chi connectivity index (χ1) is 10.8. The van der Waals surface area contributed by atoms with E-state index < -0.39 is 0 Å². The summed E-state index contributed by atoms with van der Waals surface area (Å²) < 4.78 is 5.78. The molecule has 1 aromatic rings. The van der Waals surface area contributed by atoms with E-state index in [9.17, 15) is 4.79 Å². The third-order valence-corrected chi connectivity index (χ3v) is 4.47. The van der Waals surface area contributed by atoms with Gasteiger partial charge in [0.05, 0.1) is 0 Å². The van der Waals surface area contributed by atoms with Gasteiger partial charge in [0, 0.05) is 24.4 Å². The molecule has 1 fully saturated rings. The van der Waals surface area contributed by atoms with Crippen molar-refractivity contribution in [3.8, 4) is 6.01 Å². The quantitative estimate of drug-likeness (QED) is 0.868. The van der Waals surface area contributed by atoms with Crippen LogP contribution in [0.2, 0.25) is 0 Å². The van der Waals surface area contributed by atoms with Crippen molar-refractivity contribution in [3.63, 3.8) is 0 Å². The summed E-state index contributed by atoms with van der Waals surface area (Å²) in [7, 11) is 0. The van der Waals surface area contributed by atoms with E-state index in [1.54, 1.807) is 18.5 Å². The summed E-state index contributed by atoms with van der Waals surface area (Å²) in [5.74, 6) is 0.386. The Hall–Kier alpha value is -1.91. The van der Waals surface area contributed by atoms with Crippen molar-refractivity contribution in [1.29, 1.82) is 0 Å². The van der Waals surface area contributed by atoms with Crippen LogP contribution in [0.25, 0.3) is 0 Å². The summed E-state index contributed by atoms with van der Waals surface area (Å²) >= 11 is 0. The Morgan fingerprint density at radius 2 is 1.86 bits per heavy atom. The van der Waals surface area contributed by atoms with E-state index in [2.05, 4.69) is 27.4 Å². The summed E-state index contributed by atoms with van der Waals surface area (Å²) in [4.78, 5) is 20.4. The maximum absolute atomic E-state index is 12.2. The molecule has 1 amide bonds. The first-order valence-corrected chi connectivity index (χ1v) is 8.20. The highest BCUT2D eigenvalue weighted by molar-refractivity contribution is 5.79. The molecule has 0 bridgehead atoms. The highest BCUT2D eigenvalue weighted by Crippen LogP contribution is 2.24. The lowest BCUT2D eigenvalue weighted by Crippen LogP contribution is -2.42. The number of nitrogens with one attached hydrogen (secondary N) is 1. The maximum atomic E-state index is 12.2. The summed E-state index contributed by atoms with van der Waals surface area (Å²) in [6, 6.07) is 2.51. The van der Waals surface area contributed by atoms with Crippen molar-refractivity contribution < 1.29 is 9.53 Å². The molecular weight excluding hydrogens is 278 g/mol. The number of rotatable bonds is 4. The Morgan fingerprint density at radius 1 is 1.09 bits per heavy atom. The molecule has 0 unspecified atom stereocenters. The third kappa shape index (κ3) is 4.06. The molecule has 1 saturated carbocycles. The molecule has 1 aromatic heterocycles. The van der Waals surface area contributed by atoms with Gasteiger partial charge in [-0.15, -0.1) is 0 Å². The van der Waals surface area contributed by atoms with Crippen LogP contribution in [0.5, 0.6) is 6.01 Å². The minimum absolute atomic E-state index is 0.160. The average molecular weight is 301 g/mol. The van der Waals surface area contributed by atoms with Crippen LogP contribution in [0.3, 0.4) is 0 Å². The van der Waals surface area contributed by atoms with Crippen molar-refractivity contribution in [2.24, 2.45) is 5.92 Å². The Balaban J connectivity index is 1.42. The van der Waals surface area contributed by atoms with Gasteiger partial charge in [-0.1, -0.05) is 12.2 Å². The monoisotopic (exact) mass is 301 g/mol. The average Bonchev–Trinajstić information content (AvgIpc) is 2.58. The summed E-state index contributed by atoms with van der Waals surface area (Å²) in [5.41, 5.74) is 0. The van der Waals surface area contributed by atoms with E-state index >= 15 is 0 Å². The van der Waals surface area contributed by atoms with Crippen LogP contribution in [0, 0.1) is 5.92 Å². The SMILES string of the molecule is O=C(NC1CCC(Oc2ncccn2)CC1)[C@@H]1CC=CCC1. The smallest absolute Gasteiger partial charge is 0.316 e. The number of carbonyl (C=O) groups is 1. The highest BCUT2D eigenvalue weighted by atomic mass is 16.5. The molecule has 0 aliphatic heterocycles. The van der Waals surface area contributed by atoms with Crippen LogP contribution in [0.4, 0.5) is 0 Å². The molecule has 1 atom stereocenters. The topological polar surface area (TPSA) is 64.1 Å². The van der Waals surface area contributed by atoms with Crippen LogP contribution in [0.15, 0.2) is 30.6 Å². The Kier molecular flexibility index (Phi) is 5.03. The van der Waals surface area contributed by atoms with Crippen molar-refractivity contribution in [3.05, 3.63) is 30.6 Å². The fourth-order valence-electron chi connectivity index (χ4n) is 3.17. The van der Waals surface area contributed by atoms with Gasteiger partial charge in [-0.05, 0) is 51.0 Å². The van der Waals surface area contributed by atoms with Gasteiger partial charge in [0.15, 0.2) is 0 Å². The fourth-order valence-corrected chi connectivity index (χ4v) is 3.17. The van der Waals surface area contributed by atoms with E-state index in [0.717, 1.165) is 44.9 Å². The zero-order chi connectivity index (χ0) is 15.2. The molecule has 5 nitrogen and oxygen atoms in total. The van der Waals surface area contributed by atoms with Gasteiger partial charge in [0.2, 0.25) is 5.91 Å². The second kappa shape index (κ2) is 7.38. The molecule has 5 heteroatoms. The first-order valence-electron chi connectivity index (χ1n) is 8.20. The minimum atomic E-state index is 0.160. The summed E-state index contributed by atoms with van der Waals surface area (Å²) in [6.45, 7) is 0. The zero-order valence-corrected chi connectivity index (χ0v) is 12.8. The van der Waals surface area contributed by atoms with Crippen LogP contribution >= 0.6 is 0 Å². The molecule has 0 aromatic carbocycles. The normalized spacial score (nSPS) is 28.1. The minimum Gasteiger partial charge on any atom is -0.460 e. The molecule has 1 N–H and O–H groups in total. The molecule has 3 rings (SSSR count). The van der Waals surface area contributed by atoms with E-state index in [1.807, 2.05) is 0 Å². The van der Waals surface area contributed by atoms with Crippen LogP contribution in [-0.4, -0.2) is 28.0 Å². The Bertz CT molecular complexity index is 510. The number of ether oxygens (including phenoxy) is 1. The molecule has 2 aliphatic carbocycles. The molecule has 0 saturated heterocycles. The number of hydrogen-bond acceptors (Lipinski definition) is 4. The molecule has 1 heterocycles. The summed E-state index contributed by atoms with van der Waals surface area (Å²) in [5, 5.41) is 3.21. The molecule has 2 aliphatic rings. The lowest BCUT2D eigenvalue weighted by atomic mass is 9.90. The standard InChI is InChI=1S/C17H23N3O2/c21-16(13-5-2-1-3-6-13)20-14-7-9-15(10-8-14)22-17-18-11-4-12-19-17/h1-2,4,11-15H,3,5-10H2,(H,20,21)/t13-,14?,15?/m1/s1. The lowest BCUT2D eigenvalue weighted by molar-refractivity contribution is -0.126. The van der Waals surface area contributed by atoms with Crippen molar-refractivity contribution in [2.45, 2.75) is 57.1 Å². The van der Waals surface area contributed by atoms with Crippen LogP contribution in [-0.2, 0) is 4.79 Å². The molecule has 0 radical (unpaired) electrons. The Labute approximate surface area is 131 Å². The third-order valence-electron chi connectivity index (χ3n) is 4.47. The van der Waals surface area contributed by atoms with E-state index in [0.29, 0.717) is 6.01 Å². The van der Waals surface area contributed by atoms with Gasteiger partial charge >= 0.3 is 6.01 Å². The van der Waals surface area contributed by atoms with Gasteiger partial charge in [-0.2, -0.15) is 0 Å². The highest BCUT2D eigenvalue weighted by Gasteiger charge is 2.26. The van der Waals surface area contributed by atoms with Gasteiger partial charge in [0.1, 0.15) is 6.10 Å². The second-order valence-corrected chi connectivity index (χ2v) is 6.11. The number of allylic oxidation sites excluding steroid dienone is 2. The van der Waals surface area contributed by atoms with Crippen molar-refractivity contribution in [2.75, 3.05) is 0 Å². The van der Waals surface area contributed by atoms with E-state index in [4.69, 9.17) is 4.74 Å². The van der Waals surface area contributed by atoms with Crippen molar-refractivity contribution in [1.82, 2.24) is 15.3 Å². The fraction of sp³-hybridized carbons (Fsp3) is 0.588. The lowest BCUT2D eigenvalue weighted by Gasteiger charge is -2.30. The molecule has 22 heavy (non-hydrogen) atoms. The predicted molar refractivity (Wildman–Crippen MR) is 83.3 cm³/mol. The maximum Gasteiger partial charge on any atom is 0.316 e. The molecular formula is C17H23N3O2. The predicted octanol–water partition coefficient (Wildman–Crippen LogP) is 2.64.